The fourth-order valence-electron chi connectivity index (χ4n) is 2.24. The lowest BCUT2D eigenvalue weighted by atomic mass is 10.1. The summed E-state index contributed by atoms with van der Waals surface area (Å²) in [5.74, 6) is 1.65. The largest absolute Gasteiger partial charge is 0.483 e. The molecule has 4 heteroatoms. The van der Waals surface area contributed by atoms with E-state index < -0.39 is 0 Å². The molecule has 0 bridgehead atoms. The molecule has 1 aromatic heterocycles. The second kappa shape index (κ2) is 5.41. The molecule has 0 amide bonds. The van der Waals surface area contributed by atoms with Gasteiger partial charge in [-0.05, 0) is 62.2 Å². The molecule has 0 spiro atoms. The van der Waals surface area contributed by atoms with Gasteiger partial charge in [0.25, 0.3) is 0 Å². The lowest BCUT2D eigenvalue weighted by Gasteiger charge is -2.13. The normalized spacial score (nSPS) is 12.6. The van der Waals surface area contributed by atoms with Crippen LogP contribution in [0, 0.1) is 13.8 Å². The molecule has 0 saturated carbocycles. The molecule has 1 atom stereocenters. The van der Waals surface area contributed by atoms with Crippen molar-refractivity contribution >= 4 is 22.6 Å². The van der Waals surface area contributed by atoms with Crippen molar-refractivity contribution in [3.8, 4) is 5.75 Å². The van der Waals surface area contributed by atoms with E-state index in [4.69, 9.17) is 16.3 Å². The quantitative estimate of drug-likeness (QED) is 0.741. The Labute approximate surface area is 128 Å². The van der Waals surface area contributed by atoms with E-state index in [-0.39, 0.29) is 6.10 Å². The Morgan fingerprint density at radius 2 is 1.90 bits per heavy atom. The van der Waals surface area contributed by atoms with Gasteiger partial charge in [0.1, 0.15) is 11.6 Å². The number of nitrogens with one attached hydrogen (secondary N) is 1. The van der Waals surface area contributed by atoms with E-state index >= 15 is 0 Å². The summed E-state index contributed by atoms with van der Waals surface area (Å²) in [4.78, 5) is 7.81. The van der Waals surface area contributed by atoms with Crippen LogP contribution in [0.1, 0.15) is 30.0 Å². The first-order chi connectivity index (χ1) is 10.0. The molecule has 0 aliphatic carbocycles. The SMILES string of the molecule is Cc1ccc(O[C@@H](C)c2nc3ccc(Cl)cc3[nH]2)cc1C. The van der Waals surface area contributed by atoms with Gasteiger partial charge in [-0.25, -0.2) is 4.98 Å². The van der Waals surface area contributed by atoms with Crippen LogP contribution in [-0.2, 0) is 0 Å². The third-order valence-electron chi connectivity index (χ3n) is 3.64. The van der Waals surface area contributed by atoms with Crippen LogP contribution in [0.2, 0.25) is 5.02 Å². The minimum Gasteiger partial charge on any atom is -0.483 e. The zero-order chi connectivity index (χ0) is 15.0. The van der Waals surface area contributed by atoms with Crippen LogP contribution >= 0.6 is 11.6 Å². The monoisotopic (exact) mass is 300 g/mol. The van der Waals surface area contributed by atoms with Gasteiger partial charge in [0.2, 0.25) is 0 Å². The highest BCUT2D eigenvalue weighted by Crippen LogP contribution is 2.25. The van der Waals surface area contributed by atoms with Gasteiger partial charge >= 0.3 is 0 Å². The second-order valence-corrected chi connectivity index (χ2v) is 5.73. The molecular weight excluding hydrogens is 284 g/mol. The van der Waals surface area contributed by atoms with Crippen LogP contribution in [0.25, 0.3) is 11.0 Å². The Hall–Kier alpha value is -2.00. The molecule has 1 heterocycles. The predicted molar refractivity (Wildman–Crippen MR) is 86.1 cm³/mol. The van der Waals surface area contributed by atoms with Gasteiger partial charge < -0.3 is 9.72 Å². The van der Waals surface area contributed by atoms with Crippen LogP contribution in [0.4, 0.5) is 0 Å². The Morgan fingerprint density at radius 1 is 1.10 bits per heavy atom. The number of benzene rings is 2. The summed E-state index contributed by atoms with van der Waals surface area (Å²) < 4.78 is 5.97. The summed E-state index contributed by atoms with van der Waals surface area (Å²) >= 11 is 5.99. The molecule has 3 rings (SSSR count). The van der Waals surface area contributed by atoms with Crippen LogP contribution < -0.4 is 4.74 Å². The maximum atomic E-state index is 5.99. The number of ether oxygens (including phenoxy) is 1. The molecule has 2 aromatic carbocycles. The van der Waals surface area contributed by atoms with E-state index in [0.717, 1.165) is 22.6 Å². The Kier molecular flexibility index (Phi) is 3.60. The summed E-state index contributed by atoms with van der Waals surface area (Å²) in [5.41, 5.74) is 4.29. The molecule has 108 valence electrons. The number of fused-ring (bicyclic) bond motifs is 1. The molecule has 21 heavy (non-hydrogen) atoms. The first-order valence-electron chi connectivity index (χ1n) is 6.92. The number of hydrogen-bond donors (Lipinski definition) is 1. The number of nitrogens with zero attached hydrogens (tertiary/aromatic N) is 1. The molecule has 0 radical (unpaired) electrons. The van der Waals surface area contributed by atoms with Crippen LogP contribution in [0.15, 0.2) is 36.4 Å². The number of halogens is 1. The topological polar surface area (TPSA) is 37.9 Å². The zero-order valence-corrected chi connectivity index (χ0v) is 13.0. The number of imidazole rings is 1. The summed E-state index contributed by atoms with van der Waals surface area (Å²) in [6.45, 7) is 6.15. The minimum atomic E-state index is -0.154. The van der Waals surface area contributed by atoms with Gasteiger partial charge in [0.15, 0.2) is 6.10 Å². The average Bonchev–Trinajstić information content (AvgIpc) is 2.86. The Bertz CT molecular complexity index is 795. The zero-order valence-electron chi connectivity index (χ0n) is 12.3. The highest BCUT2D eigenvalue weighted by molar-refractivity contribution is 6.31. The van der Waals surface area contributed by atoms with Gasteiger partial charge in [-0.3, -0.25) is 0 Å². The van der Waals surface area contributed by atoms with Crippen molar-refractivity contribution in [2.24, 2.45) is 0 Å². The van der Waals surface area contributed by atoms with Crippen LogP contribution in [0.3, 0.4) is 0 Å². The molecule has 0 fully saturated rings. The van der Waals surface area contributed by atoms with Crippen molar-refractivity contribution in [2.75, 3.05) is 0 Å². The number of rotatable bonds is 3. The van der Waals surface area contributed by atoms with E-state index in [2.05, 4.69) is 29.9 Å². The standard InChI is InChI=1S/C17H17ClN2O/c1-10-4-6-14(8-11(10)2)21-12(3)17-19-15-7-5-13(18)9-16(15)20-17/h4-9,12H,1-3H3,(H,19,20)/t12-/m0/s1. The first kappa shape index (κ1) is 14.0. The van der Waals surface area contributed by atoms with Crippen molar-refractivity contribution in [2.45, 2.75) is 26.9 Å². The van der Waals surface area contributed by atoms with Crippen molar-refractivity contribution in [1.29, 1.82) is 0 Å². The number of H-pyrrole nitrogens is 1. The van der Waals surface area contributed by atoms with E-state index in [1.807, 2.05) is 37.3 Å². The third-order valence-corrected chi connectivity index (χ3v) is 3.87. The van der Waals surface area contributed by atoms with Gasteiger partial charge in [0.05, 0.1) is 11.0 Å². The van der Waals surface area contributed by atoms with E-state index in [9.17, 15) is 0 Å². The highest BCUT2D eigenvalue weighted by atomic mass is 35.5. The molecule has 0 aliphatic heterocycles. The number of hydrogen-bond acceptors (Lipinski definition) is 2. The Morgan fingerprint density at radius 3 is 2.67 bits per heavy atom. The molecular formula is C17H17ClN2O. The molecule has 3 nitrogen and oxygen atoms in total. The van der Waals surface area contributed by atoms with Crippen molar-refractivity contribution in [1.82, 2.24) is 9.97 Å². The smallest absolute Gasteiger partial charge is 0.153 e. The van der Waals surface area contributed by atoms with Crippen molar-refractivity contribution in [3.63, 3.8) is 0 Å². The van der Waals surface area contributed by atoms with Gasteiger partial charge in [-0.1, -0.05) is 17.7 Å². The van der Waals surface area contributed by atoms with E-state index in [0.29, 0.717) is 5.02 Å². The second-order valence-electron chi connectivity index (χ2n) is 5.29. The van der Waals surface area contributed by atoms with E-state index in [1.54, 1.807) is 0 Å². The lowest BCUT2D eigenvalue weighted by molar-refractivity contribution is 0.218. The molecule has 0 saturated heterocycles. The lowest BCUT2D eigenvalue weighted by Crippen LogP contribution is -2.05. The predicted octanol–water partition coefficient (Wildman–Crippen LogP) is 4.97. The molecule has 3 aromatic rings. The van der Waals surface area contributed by atoms with Crippen molar-refractivity contribution in [3.05, 3.63) is 58.4 Å². The molecule has 0 unspecified atom stereocenters. The summed E-state index contributed by atoms with van der Waals surface area (Å²) in [6.07, 6.45) is -0.154. The first-order valence-corrected chi connectivity index (χ1v) is 7.30. The Balaban J connectivity index is 1.85. The summed E-state index contributed by atoms with van der Waals surface area (Å²) in [6, 6.07) is 11.7. The number of aryl methyl sites for hydroxylation is 2. The van der Waals surface area contributed by atoms with Crippen LogP contribution in [-0.4, -0.2) is 9.97 Å². The minimum absolute atomic E-state index is 0.154. The third kappa shape index (κ3) is 2.88. The maximum Gasteiger partial charge on any atom is 0.153 e. The van der Waals surface area contributed by atoms with Gasteiger partial charge in [-0.2, -0.15) is 0 Å². The van der Waals surface area contributed by atoms with Gasteiger partial charge in [0, 0.05) is 5.02 Å². The number of aromatic amines is 1. The summed E-state index contributed by atoms with van der Waals surface area (Å²) in [5, 5.41) is 0.695. The van der Waals surface area contributed by atoms with Crippen LogP contribution in [0.5, 0.6) is 5.75 Å². The average molecular weight is 301 g/mol. The van der Waals surface area contributed by atoms with Gasteiger partial charge in [-0.15, -0.1) is 0 Å². The maximum absolute atomic E-state index is 5.99. The highest BCUT2D eigenvalue weighted by Gasteiger charge is 2.13. The van der Waals surface area contributed by atoms with E-state index in [1.165, 1.54) is 11.1 Å². The van der Waals surface area contributed by atoms with Crippen molar-refractivity contribution < 1.29 is 4.74 Å². The molecule has 0 aliphatic rings. The fourth-order valence-corrected chi connectivity index (χ4v) is 2.41. The molecule has 1 N–H and O–H groups in total. The fraction of sp³-hybridized carbons (Fsp3) is 0.235. The number of aromatic nitrogens is 2. The summed E-state index contributed by atoms with van der Waals surface area (Å²) in [7, 11) is 0.